The van der Waals surface area contributed by atoms with Crippen LogP contribution < -0.4 is 10.9 Å². The van der Waals surface area contributed by atoms with E-state index >= 15 is 0 Å². The summed E-state index contributed by atoms with van der Waals surface area (Å²) in [5, 5.41) is 3.94. The summed E-state index contributed by atoms with van der Waals surface area (Å²) >= 11 is 0. The number of pyridine rings is 1. The molecule has 1 aromatic rings. The van der Waals surface area contributed by atoms with Gasteiger partial charge in [0.2, 0.25) is 5.56 Å². The van der Waals surface area contributed by atoms with Gasteiger partial charge in [0.15, 0.2) is 0 Å². The minimum Gasteiger partial charge on any atom is -0.375 e. The molecule has 126 valence electrons. The molecule has 0 aliphatic heterocycles. The molecule has 2 unspecified atom stereocenters. The fourth-order valence-corrected chi connectivity index (χ4v) is 4.92. The SMILES string of the molecule is CC=C1C2C=C(C)CC1(NC1=CCCCC1)c1ccc(=O)[nH]c1C2. The lowest BCUT2D eigenvalue weighted by Crippen LogP contribution is -2.51. The van der Waals surface area contributed by atoms with Crippen molar-refractivity contribution in [3.8, 4) is 0 Å². The maximum atomic E-state index is 11.9. The molecule has 2 N–H and O–H groups in total. The Balaban J connectivity index is 1.90. The summed E-state index contributed by atoms with van der Waals surface area (Å²) in [6, 6.07) is 3.72. The van der Waals surface area contributed by atoms with E-state index in [-0.39, 0.29) is 11.1 Å². The molecule has 0 radical (unpaired) electrons. The smallest absolute Gasteiger partial charge is 0.248 e. The fraction of sp³-hybridized carbons (Fsp3) is 0.476. The van der Waals surface area contributed by atoms with Crippen molar-refractivity contribution in [3.63, 3.8) is 0 Å². The quantitative estimate of drug-likeness (QED) is 0.806. The predicted molar refractivity (Wildman–Crippen MR) is 97.8 cm³/mol. The summed E-state index contributed by atoms with van der Waals surface area (Å²) in [6.45, 7) is 4.39. The van der Waals surface area contributed by atoms with Gasteiger partial charge in [-0.1, -0.05) is 23.8 Å². The Morgan fingerprint density at radius 3 is 2.96 bits per heavy atom. The number of allylic oxidation sites excluding steroid dienone is 4. The van der Waals surface area contributed by atoms with Gasteiger partial charge in [-0.15, -0.1) is 0 Å². The van der Waals surface area contributed by atoms with Gasteiger partial charge in [-0.2, -0.15) is 0 Å². The van der Waals surface area contributed by atoms with Gasteiger partial charge in [0.1, 0.15) is 0 Å². The Morgan fingerprint density at radius 1 is 1.33 bits per heavy atom. The van der Waals surface area contributed by atoms with E-state index in [1.165, 1.54) is 41.7 Å². The number of fused-ring (bicyclic) bond motifs is 4. The zero-order valence-electron chi connectivity index (χ0n) is 14.6. The molecule has 0 saturated heterocycles. The van der Waals surface area contributed by atoms with Crippen molar-refractivity contribution in [2.45, 2.75) is 57.9 Å². The second-order valence-electron chi connectivity index (χ2n) is 7.46. The highest BCUT2D eigenvalue weighted by atomic mass is 16.1. The number of H-pyrrole nitrogens is 1. The minimum absolute atomic E-state index is 0.00323. The molecule has 1 heterocycles. The Kier molecular flexibility index (Phi) is 3.75. The van der Waals surface area contributed by atoms with E-state index in [1.54, 1.807) is 6.07 Å². The van der Waals surface area contributed by atoms with Gasteiger partial charge in [0.25, 0.3) is 0 Å². The van der Waals surface area contributed by atoms with E-state index in [4.69, 9.17) is 0 Å². The minimum atomic E-state index is -0.195. The van der Waals surface area contributed by atoms with Crippen LogP contribution in [-0.4, -0.2) is 4.98 Å². The molecule has 4 rings (SSSR count). The third kappa shape index (κ3) is 2.38. The van der Waals surface area contributed by atoms with E-state index in [0.29, 0.717) is 5.92 Å². The lowest BCUT2D eigenvalue weighted by molar-refractivity contribution is 0.341. The zero-order chi connectivity index (χ0) is 16.7. The van der Waals surface area contributed by atoms with Crippen molar-refractivity contribution in [3.05, 3.63) is 68.8 Å². The molecule has 3 heteroatoms. The molecule has 2 atom stereocenters. The second kappa shape index (κ2) is 5.80. The second-order valence-corrected chi connectivity index (χ2v) is 7.46. The first-order chi connectivity index (χ1) is 11.6. The first kappa shape index (κ1) is 15.5. The zero-order valence-corrected chi connectivity index (χ0v) is 14.6. The van der Waals surface area contributed by atoms with Crippen LogP contribution in [-0.2, 0) is 12.0 Å². The van der Waals surface area contributed by atoms with E-state index in [0.717, 1.165) is 25.0 Å². The molecule has 3 aliphatic rings. The molecule has 0 aromatic carbocycles. The lowest BCUT2D eigenvalue weighted by Gasteiger charge is -2.49. The Hall–Kier alpha value is -2.03. The van der Waals surface area contributed by atoms with Crippen LogP contribution in [0.4, 0.5) is 0 Å². The molecule has 24 heavy (non-hydrogen) atoms. The van der Waals surface area contributed by atoms with Crippen LogP contribution in [0.15, 0.2) is 52.0 Å². The van der Waals surface area contributed by atoms with Crippen LogP contribution in [0.3, 0.4) is 0 Å². The normalized spacial score (nSPS) is 30.4. The standard InChI is InChI=1S/C21H26N2O/c1-3-17-15-11-14(2)13-21(17,23-16-7-5-4-6-8-16)18-9-10-20(24)22-19(18)12-15/h3,7,9-11,15,23H,4-6,8,12-13H2,1-2H3,(H,22,24). The number of hydrogen-bond donors (Lipinski definition) is 2. The number of rotatable bonds is 2. The first-order valence-electron chi connectivity index (χ1n) is 9.16. The highest BCUT2D eigenvalue weighted by Crippen LogP contribution is 2.50. The molecule has 0 fully saturated rings. The van der Waals surface area contributed by atoms with E-state index in [9.17, 15) is 4.79 Å². The van der Waals surface area contributed by atoms with Gasteiger partial charge in [0, 0.05) is 28.9 Å². The maximum absolute atomic E-state index is 11.9. The monoisotopic (exact) mass is 322 g/mol. The first-order valence-corrected chi connectivity index (χ1v) is 9.16. The Bertz CT molecular complexity index is 811. The summed E-state index contributed by atoms with van der Waals surface area (Å²) in [4.78, 5) is 15.0. The van der Waals surface area contributed by atoms with Crippen molar-refractivity contribution >= 4 is 0 Å². The van der Waals surface area contributed by atoms with Crippen molar-refractivity contribution < 1.29 is 0 Å². The molecule has 3 aliphatic carbocycles. The van der Waals surface area contributed by atoms with Crippen molar-refractivity contribution in [2.24, 2.45) is 5.92 Å². The van der Waals surface area contributed by atoms with Gasteiger partial charge in [-0.3, -0.25) is 4.79 Å². The van der Waals surface area contributed by atoms with Gasteiger partial charge < -0.3 is 10.3 Å². The number of aromatic nitrogens is 1. The number of nitrogens with one attached hydrogen (secondary N) is 2. The molecule has 3 nitrogen and oxygen atoms in total. The van der Waals surface area contributed by atoms with Crippen LogP contribution in [0.25, 0.3) is 0 Å². The lowest BCUT2D eigenvalue weighted by atomic mass is 9.63. The topological polar surface area (TPSA) is 44.9 Å². The van der Waals surface area contributed by atoms with Crippen LogP contribution in [0.2, 0.25) is 0 Å². The Labute approximate surface area is 143 Å². The molecule has 0 saturated carbocycles. The van der Waals surface area contributed by atoms with Crippen molar-refractivity contribution in [1.29, 1.82) is 0 Å². The molecule has 0 amide bonds. The third-order valence-electron chi connectivity index (χ3n) is 5.78. The van der Waals surface area contributed by atoms with Gasteiger partial charge in [0.05, 0.1) is 5.54 Å². The third-order valence-corrected chi connectivity index (χ3v) is 5.78. The van der Waals surface area contributed by atoms with Gasteiger partial charge >= 0.3 is 0 Å². The maximum Gasteiger partial charge on any atom is 0.248 e. The molecule has 0 spiro atoms. The summed E-state index contributed by atoms with van der Waals surface area (Å²) in [5.74, 6) is 0.381. The van der Waals surface area contributed by atoms with E-state index < -0.39 is 0 Å². The fourth-order valence-electron chi connectivity index (χ4n) is 4.92. The van der Waals surface area contributed by atoms with E-state index in [1.807, 2.05) is 6.07 Å². The number of aromatic amines is 1. The highest BCUT2D eigenvalue weighted by Gasteiger charge is 2.46. The van der Waals surface area contributed by atoms with Gasteiger partial charge in [-0.05, 0) is 64.0 Å². The molecular weight excluding hydrogens is 296 g/mol. The van der Waals surface area contributed by atoms with Crippen molar-refractivity contribution in [1.82, 2.24) is 10.3 Å². The van der Waals surface area contributed by atoms with Gasteiger partial charge in [-0.25, -0.2) is 0 Å². The highest BCUT2D eigenvalue weighted by molar-refractivity contribution is 5.50. The molecule has 1 aromatic heterocycles. The van der Waals surface area contributed by atoms with Crippen molar-refractivity contribution in [2.75, 3.05) is 0 Å². The predicted octanol–water partition coefficient (Wildman–Crippen LogP) is 4.09. The molecular formula is C21H26N2O. The molecule has 2 bridgehead atoms. The number of hydrogen-bond acceptors (Lipinski definition) is 2. The average molecular weight is 322 g/mol. The summed E-state index contributed by atoms with van der Waals surface area (Å²) in [6.07, 6.45) is 13.8. The van der Waals surface area contributed by atoms with Crippen LogP contribution >= 0.6 is 0 Å². The van der Waals surface area contributed by atoms with E-state index in [2.05, 4.69) is 42.4 Å². The average Bonchev–Trinajstić information content (AvgIpc) is 2.54. The Morgan fingerprint density at radius 2 is 2.21 bits per heavy atom. The largest absolute Gasteiger partial charge is 0.375 e. The summed E-state index contributed by atoms with van der Waals surface area (Å²) < 4.78 is 0. The summed E-state index contributed by atoms with van der Waals surface area (Å²) in [7, 11) is 0. The van der Waals surface area contributed by atoms with Crippen LogP contribution in [0.1, 0.15) is 57.2 Å². The summed E-state index contributed by atoms with van der Waals surface area (Å²) in [5.41, 5.74) is 6.43. The van der Waals surface area contributed by atoms with Crippen LogP contribution in [0.5, 0.6) is 0 Å². The van der Waals surface area contributed by atoms with Crippen LogP contribution in [0, 0.1) is 5.92 Å².